The lowest BCUT2D eigenvalue weighted by atomic mass is 10.0. The molecule has 0 radical (unpaired) electrons. The molecule has 1 aliphatic heterocycles. The second-order valence-electron chi connectivity index (χ2n) is 5.00. The molecule has 1 N–H and O–H groups in total. The lowest BCUT2D eigenvalue weighted by Crippen LogP contribution is -2.45. The van der Waals surface area contributed by atoms with E-state index in [0.717, 1.165) is 26.2 Å². The van der Waals surface area contributed by atoms with Crippen LogP contribution >= 0.6 is 11.3 Å². The van der Waals surface area contributed by atoms with Crippen molar-refractivity contribution in [3.63, 3.8) is 0 Å². The van der Waals surface area contributed by atoms with Gasteiger partial charge in [-0.1, -0.05) is 0 Å². The summed E-state index contributed by atoms with van der Waals surface area (Å²) in [7, 11) is 0. The third kappa shape index (κ3) is 2.86. The summed E-state index contributed by atoms with van der Waals surface area (Å²) in [6.07, 6.45) is 3.77. The molecule has 3 rings (SSSR count). The zero-order chi connectivity index (χ0) is 13.1. The summed E-state index contributed by atoms with van der Waals surface area (Å²) < 4.78 is 0. The van der Waals surface area contributed by atoms with Gasteiger partial charge in [0.2, 0.25) is 0 Å². The number of nitrogens with zero attached hydrogens (tertiary/aromatic N) is 2. The number of thiophene rings is 1. The molecule has 0 aliphatic carbocycles. The Bertz CT molecular complexity index is 523. The molecule has 3 nitrogen and oxygen atoms in total. The van der Waals surface area contributed by atoms with Crippen molar-refractivity contribution in [3.8, 4) is 0 Å². The summed E-state index contributed by atoms with van der Waals surface area (Å²) in [5, 5.41) is 5.69. The smallest absolute Gasteiger partial charge is 0.0478 e. The summed E-state index contributed by atoms with van der Waals surface area (Å²) in [5.74, 6) is 0. The predicted molar refractivity (Wildman–Crippen MR) is 79.3 cm³/mol. The third-order valence-electron chi connectivity index (χ3n) is 3.76. The van der Waals surface area contributed by atoms with Crippen molar-refractivity contribution in [3.05, 3.63) is 52.0 Å². The molecule has 0 amide bonds. The van der Waals surface area contributed by atoms with E-state index in [1.165, 1.54) is 16.0 Å². The number of aryl methyl sites for hydroxylation is 1. The summed E-state index contributed by atoms with van der Waals surface area (Å²) in [5.41, 5.74) is 2.77. The molecule has 0 spiro atoms. The maximum Gasteiger partial charge on any atom is 0.0478 e. The number of piperazine rings is 1. The quantitative estimate of drug-likeness (QED) is 0.931. The van der Waals surface area contributed by atoms with E-state index in [4.69, 9.17) is 0 Å². The van der Waals surface area contributed by atoms with Gasteiger partial charge in [-0.25, -0.2) is 0 Å². The van der Waals surface area contributed by atoms with Gasteiger partial charge in [0.15, 0.2) is 0 Å². The van der Waals surface area contributed by atoms with E-state index in [9.17, 15) is 0 Å². The lowest BCUT2D eigenvalue weighted by molar-refractivity contribution is 0.155. The van der Waals surface area contributed by atoms with E-state index < -0.39 is 0 Å². The maximum atomic E-state index is 4.12. The molecular weight excluding hydrogens is 254 g/mol. The fraction of sp³-hybridized carbons (Fsp3) is 0.400. The van der Waals surface area contributed by atoms with Crippen molar-refractivity contribution in [2.45, 2.75) is 19.5 Å². The first-order valence-electron chi connectivity index (χ1n) is 6.72. The summed E-state index contributed by atoms with van der Waals surface area (Å²) >= 11 is 1.87. The number of pyridine rings is 1. The zero-order valence-corrected chi connectivity index (χ0v) is 12.0. The van der Waals surface area contributed by atoms with Gasteiger partial charge < -0.3 is 5.32 Å². The third-order valence-corrected chi connectivity index (χ3v) is 4.77. The molecule has 0 bridgehead atoms. The molecule has 4 heteroatoms. The molecule has 0 aromatic carbocycles. The topological polar surface area (TPSA) is 28.2 Å². The van der Waals surface area contributed by atoms with Crippen LogP contribution in [0.15, 0.2) is 36.0 Å². The molecule has 1 saturated heterocycles. The average Bonchev–Trinajstić information content (AvgIpc) is 2.86. The van der Waals surface area contributed by atoms with Gasteiger partial charge >= 0.3 is 0 Å². The Labute approximate surface area is 118 Å². The zero-order valence-electron chi connectivity index (χ0n) is 11.2. The van der Waals surface area contributed by atoms with Crippen LogP contribution in [-0.2, 0) is 6.54 Å². The molecule has 1 fully saturated rings. The van der Waals surface area contributed by atoms with Gasteiger partial charge in [0.05, 0.1) is 0 Å². The highest BCUT2D eigenvalue weighted by Crippen LogP contribution is 2.26. The highest BCUT2D eigenvalue weighted by molar-refractivity contribution is 7.10. The highest BCUT2D eigenvalue weighted by Gasteiger charge is 2.24. The van der Waals surface area contributed by atoms with E-state index in [1.807, 2.05) is 23.7 Å². The molecule has 0 saturated carbocycles. The fourth-order valence-electron chi connectivity index (χ4n) is 2.60. The number of hydrogen-bond acceptors (Lipinski definition) is 4. The van der Waals surface area contributed by atoms with Gasteiger partial charge in [0.25, 0.3) is 0 Å². The van der Waals surface area contributed by atoms with Crippen molar-refractivity contribution in [2.75, 3.05) is 19.6 Å². The van der Waals surface area contributed by atoms with E-state index >= 15 is 0 Å². The van der Waals surface area contributed by atoms with Gasteiger partial charge in [-0.3, -0.25) is 9.88 Å². The van der Waals surface area contributed by atoms with E-state index in [2.05, 4.69) is 45.7 Å². The van der Waals surface area contributed by atoms with Crippen molar-refractivity contribution in [2.24, 2.45) is 0 Å². The minimum absolute atomic E-state index is 0.457. The van der Waals surface area contributed by atoms with Crippen LogP contribution in [0.2, 0.25) is 0 Å². The van der Waals surface area contributed by atoms with Crippen molar-refractivity contribution >= 4 is 11.3 Å². The Morgan fingerprint density at radius 2 is 2.21 bits per heavy atom. The van der Waals surface area contributed by atoms with Crippen LogP contribution in [0.3, 0.4) is 0 Å². The molecule has 1 unspecified atom stereocenters. The fourth-order valence-corrected chi connectivity index (χ4v) is 3.53. The normalized spacial score (nSPS) is 20.6. The van der Waals surface area contributed by atoms with E-state index in [0.29, 0.717) is 6.04 Å². The molecule has 19 heavy (non-hydrogen) atoms. The second-order valence-corrected chi connectivity index (χ2v) is 6.00. The standard InChI is InChI=1S/C15H19N3S/c1-12-4-9-19-15(12)11-18-8-7-17-10-14(18)13-2-5-16-6-3-13/h2-6,9,14,17H,7-8,10-11H2,1H3. The van der Waals surface area contributed by atoms with Crippen LogP contribution in [0.1, 0.15) is 22.0 Å². The number of rotatable bonds is 3. The van der Waals surface area contributed by atoms with E-state index in [1.54, 1.807) is 0 Å². The van der Waals surface area contributed by atoms with Crippen molar-refractivity contribution in [1.82, 2.24) is 15.2 Å². The SMILES string of the molecule is Cc1ccsc1CN1CCNCC1c1ccncc1. The first kappa shape index (κ1) is 12.8. The monoisotopic (exact) mass is 273 g/mol. The van der Waals surface area contributed by atoms with Gasteiger partial charge in [-0.05, 0) is 41.6 Å². The van der Waals surface area contributed by atoms with Crippen LogP contribution in [0, 0.1) is 6.92 Å². The second kappa shape index (κ2) is 5.82. The van der Waals surface area contributed by atoms with Crippen LogP contribution < -0.4 is 5.32 Å². The number of nitrogens with one attached hydrogen (secondary N) is 1. The van der Waals surface area contributed by atoms with E-state index in [-0.39, 0.29) is 0 Å². The van der Waals surface area contributed by atoms with Gasteiger partial charge in [-0.2, -0.15) is 0 Å². The highest BCUT2D eigenvalue weighted by atomic mass is 32.1. The summed E-state index contributed by atoms with van der Waals surface area (Å²) in [4.78, 5) is 8.18. The molecule has 1 atom stereocenters. The summed E-state index contributed by atoms with van der Waals surface area (Å²) in [6, 6.07) is 6.93. The minimum Gasteiger partial charge on any atom is -0.314 e. The largest absolute Gasteiger partial charge is 0.314 e. The Morgan fingerprint density at radius 3 is 2.95 bits per heavy atom. The molecule has 2 aromatic heterocycles. The van der Waals surface area contributed by atoms with Crippen LogP contribution in [0.5, 0.6) is 0 Å². The van der Waals surface area contributed by atoms with Crippen LogP contribution in [0.25, 0.3) is 0 Å². The Balaban J connectivity index is 1.80. The number of hydrogen-bond donors (Lipinski definition) is 1. The van der Waals surface area contributed by atoms with Crippen molar-refractivity contribution in [1.29, 1.82) is 0 Å². The van der Waals surface area contributed by atoms with Gasteiger partial charge in [0.1, 0.15) is 0 Å². The van der Waals surface area contributed by atoms with Crippen LogP contribution in [-0.4, -0.2) is 29.5 Å². The molecule has 2 aromatic rings. The first-order chi connectivity index (χ1) is 9.34. The Kier molecular flexibility index (Phi) is 3.92. The lowest BCUT2D eigenvalue weighted by Gasteiger charge is -2.36. The average molecular weight is 273 g/mol. The van der Waals surface area contributed by atoms with Gasteiger partial charge in [0, 0.05) is 49.5 Å². The number of aromatic nitrogens is 1. The minimum atomic E-state index is 0.457. The first-order valence-corrected chi connectivity index (χ1v) is 7.60. The Hall–Kier alpha value is -1.23. The van der Waals surface area contributed by atoms with Crippen molar-refractivity contribution < 1.29 is 0 Å². The van der Waals surface area contributed by atoms with Gasteiger partial charge in [-0.15, -0.1) is 11.3 Å². The maximum absolute atomic E-state index is 4.12. The molecule has 1 aliphatic rings. The Morgan fingerprint density at radius 1 is 1.37 bits per heavy atom. The molecule has 3 heterocycles. The predicted octanol–water partition coefficient (Wildman–Crippen LogP) is 2.60. The molecular formula is C15H19N3S. The van der Waals surface area contributed by atoms with Crippen LogP contribution in [0.4, 0.5) is 0 Å². The summed E-state index contributed by atoms with van der Waals surface area (Å²) in [6.45, 7) is 6.46. The molecule has 100 valence electrons.